The zero-order valence-corrected chi connectivity index (χ0v) is 18.6. The highest BCUT2D eigenvalue weighted by atomic mass is 16.6. The van der Waals surface area contributed by atoms with E-state index in [9.17, 15) is 4.79 Å². The van der Waals surface area contributed by atoms with Crippen LogP contribution in [0.1, 0.15) is 39.2 Å². The van der Waals surface area contributed by atoms with Gasteiger partial charge in [0, 0.05) is 12.2 Å². The number of nitrogens with zero attached hydrogens (tertiary/aromatic N) is 1. The number of amides is 1. The highest BCUT2D eigenvalue weighted by molar-refractivity contribution is 5.67. The maximum atomic E-state index is 11.8. The van der Waals surface area contributed by atoms with Gasteiger partial charge in [-0.05, 0) is 81.5 Å². The molecule has 1 N–H and O–H groups in total. The summed E-state index contributed by atoms with van der Waals surface area (Å²) in [5.74, 6) is 2.55. The minimum atomic E-state index is -0.490. The van der Waals surface area contributed by atoms with Crippen LogP contribution in [0.2, 0.25) is 0 Å². The van der Waals surface area contributed by atoms with Crippen LogP contribution in [0.15, 0.2) is 48.5 Å². The van der Waals surface area contributed by atoms with Crippen LogP contribution in [-0.4, -0.2) is 37.5 Å². The standard InChI is InChI=1S/C25H32N2O4/c1-25(2,3)31-24(28)26-14-18-6-8-20(9-7-18)27-15-23(16-27)30-22-12-10-21(11-13-22)29-17-19-4-5-19/h6-13,19,23H,4-5,14-17H2,1-3H3,(H,26,28). The topological polar surface area (TPSA) is 60.0 Å². The van der Waals surface area contributed by atoms with Gasteiger partial charge in [0.05, 0.1) is 19.7 Å². The summed E-state index contributed by atoms with van der Waals surface area (Å²) in [5.41, 5.74) is 1.70. The molecule has 2 aliphatic rings. The smallest absolute Gasteiger partial charge is 0.407 e. The summed E-state index contributed by atoms with van der Waals surface area (Å²) in [6.07, 6.45) is 2.38. The molecular formula is C25H32N2O4. The first kappa shape index (κ1) is 21.3. The number of benzene rings is 2. The first-order valence-electron chi connectivity index (χ1n) is 11.0. The average molecular weight is 425 g/mol. The van der Waals surface area contributed by atoms with E-state index in [0.717, 1.165) is 48.4 Å². The second-order valence-electron chi connectivity index (χ2n) is 9.39. The predicted molar refractivity (Wildman–Crippen MR) is 121 cm³/mol. The summed E-state index contributed by atoms with van der Waals surface area (Å²) in [4.78, 5) is 14.0. The number of anilines is 1. The van der Waals surface area contributed by atoms with Crippen molar-refractivity contribution < 1.29 is 19.0 Å². The lowest BCUT2D eigenvalue weighted by atomic mass is 10.1. The number of hydrogen-bond donors (Lipinski definition) is 1. The monoisotopic (exact) mass is 424 g/mol. The molecule has 0 spiro atoms. The van der Waals surface area contributed by atoms with Crippen molar-refractivity contribution in [1.29, 1.82) is 0 Å². The molecule has 1 saturated heterocycles. The third-order valence-electron chi connectivity index (χ3n) is 5.29. The van der Waals surface area contributed by atoms with E-state index in [-0.39, 0.29) is 6.10 Å². The molecule has 2 aromatic rings. The number of ether oxygens (including phenoxy) is 3. The summed E-state index contributed by atoms with van der Waals surface area (Å²) in [6, 6.07) is 16.1. The van der Waals surface area contributed by atoms with Crippen molar-refractivity contribution in [2.75, 3.05) is 24.6 Å². The predicted octanol–water partition coefficient (Wildman–Crippen LogP) is 4.77. The van der Waals surface area contributed by atoms with Crippen LogP contribution in [0.4, 0.5) is 10.5 Å². The largest absolute Gasteiger partial charge is 0.493 e. The number of rotatable bonds is 8. The molecule has 1 amide bonds. The third kappa shape index (κ3) is 6.54. The lowest BCUT2D eigenvalue weighted by molar-refractivity contribution is 0.0523. The summed E-state index contributed by atoms with van der Waals surface area (Å²) < 4.78 is 17.1. The van der Waals surface area contributed by atoms with Crippen molar-refractivity contribution in [3.63, 3.8) is 0 Å². The fourth-order valence-corrected chi connectivity index (χ4v) is 3.34. The first-order chi connectivity index (χ1) is 14.8. The highest BCUT2D eigenvalue weighted by Gasteiger charge is 2.28. The van der Waals surface area contributed by atoms with Crippen LogP contribution in [0.5, 0.6) is 11.5 Å². The van der Waals surface area contributed by atoms with E-state index in [2.05, 4.69) is 22.3 Å². The molecule has 1 aliphatic carbocycles. The fourth-order valence-electron chi connectivity index (χ4n) is 3.34. The number of carbonyl (C=O) groups excluding carboxylic acids is 1. The van der Waals surface area contributed by atoms with Crippen molar-refractivity contribution in [1.82, 2.24) is 5.32 Å². The van der Waals surface area contributed by atoms with E-state index >= 15 is 0 Å². The molecule has 1 heterocycles. The molecule has 0 bridgehead atoms. The van der Waals surface area contributed by atoms with Crippen molar-refractivity contribution in [2.45, 2.75) is 51.9 Å². The van der Waals surface area contributed by atoms with Gasteiger partial charge in [-0.25, -0.2) is 4.79 Å². The molecule has 0 radical (unpaired) electrons. The molecule has 31 heavy (non-hydrogen) atoms. The Morgan fingerprint density at radius 1 is 1.00 bits per heavy atom. The molecule has 0 unspecified atom stereocenters. The minimum Gasteiger partial charge on any atom is -0.493 e. The Balaban J connectivity index is 1.18. The maximum absolute atomic E-state index is 11.8. The Labute approximate surface area is 184 Å². The zero-order valence-electron chi connectivity index (χ0n) is 18.6. The quantitative estimate of drug-likeness (QED) is 0.662. The van der Waals surface area contributed by atoms with Crippen LogP contribution >= 0.6 is 0 Å². The van der Waals surface area contributed by atoms with Crippen LogP contribution in [-0.2, 0) is 11.3 Å². The van der Waals surface area contributed by atoms with E-state index in [1.165, 1.54) is 12.8 Å². The van der Waals surface area contributed by atoms with Crippen LogP contribution in [0.3, 0.4) is 0 Å². The van der Waals surface area contributed by atoms with Crippen LogP contribution < -0.4 is 19.7 Å². The lowest BCUT2D eigenvalue weighted by Crippen LogP contribution is -2.54. The summed E-state index contributed by atoms with van der Waals surface area (Å²) in [5, 5.41) is 2.78. The molecule has 0 aromatic heterocycles. The van der Waals surface area contributed by atoms with Crippen LogP contribution in [0.25, 0.3) is 0 Å². The Bertz CT molecular complexity index is 864. The van der Waals surface area contributed by atoms with Crippen molar-refractivity contribution >= 4 is 11.8 Å². The Morgan fingerprint density at radius 2 is 1.65 bits per heavy atom. The molecule has 6 heteroatoms. The maximum Gasteiger partial charge on any atom is 0.407 e. The van der Waals surface area contributed by atoms with Gasteiger partial charge in [0.2, 0.25) is 0 Å². The van der Waals surface area contributed by atoms with Gasteiger partial charge in [-0.1, -0.05) is 12.1 Å². The Morgan fingerprint density at radius 3 is 2.26 bits per heavy atom. The van der Waals surface area contributed by atoms with Crippen LogP contribution in [0, 0.1) is 5.92 Å². The highest BCUT2D eigenvalue weighted by Crippen LogP contribution is 2.30. The van der Waals surface area contributed by atoms with Gasteiger partial charge in [0.15, 0.2) is 0 Å². The van der Waals surface area contributed by atoms with Crippen molar-refractivity contribution in [3.05, 3.63) is 54.1 Å². The SMILES string of the molecule is CC(C)(C)OC(=O)NCc1ccc(N2CC(Oc3ccc(OCC4CC4)cc3)C2)cc1. The fraction of sp³-hybridized carbons (Fsp3) is 0.480. The molecule has 4 rings (SSSR count). The summed E-state index contributed by atoms with van der Waals surface area (Å²) >= 11 is 0. The number of nitrogens with one attached hydrogen (secondary N) is 1. The van der Waals surface area contributed by atoms with E-state index < -0.39 is 11.7 Å². The molecular weight excluding hydrogens is 392 g/mol. The van der Waals surface area contributed by atoms with E-state index in [0.29, 0.717) is 6.54 Å². The number of hydrogen-bond acceptors (Lipinski definition) is 5. The zero-order chi connectivity index (χ0) is 21.8. The second-order valence-corrected chi connectivity index (χ2v) is 9.39. The first-order valence-corrected chi connectivity index (χ1v) is 11.0. The molecule has 2 aromatic carbocycles. The molecule has 0 atom stereocenters. The van der Waals surface area contributed by atoms with Gasteiger partial charge in [0.25, 0.3) is 0 Å². The van der Waals surface area contributed by atoms with E-state index in [1.807, 2.05) is 57.2 Å². The van der Waals surface area contributed by atoms with Crippen molar-refractivity contribution in [2.24, 2.45) is 5.92 Å². The molecule has 6 nitrogen and oxygen atoms in total. The normalized spacial score (nSPS) is 16.4. The Kier molecular flexibility index (Phi) is 6.25. The third-order valence-corrected chi connectivity index (χ3v) is 5.29. The summed E-state index contributed by atoms with van der Waals surface area (Å²) in [7, 11) is 0. The van der Waals surface area contributed by atoms with Gasteiger partial charge in [-0.15, -0.1) is 0 Å². The summed E-state index contributed by atoms with van der Waals surface area (Å²) in [6.45, 7) is 8.54. The van der Waals surface area contributed by atoms with Gasteiger partial charge < -0.3 is 24.4 Å². The Hall–Kier alpha value is -2.89. The lowest BCUT2D eigenvalue weighted by Gasteiger charge is -2.40. The van der Waals surface area contributed by atoms with E-state index in [4.69, 9.17) is 14.2 Å². The molecule has 166 valence electrons. The molecule has 1 aliphatic heterocycles. The number of alkyl carbamates (subject to hydrolysis) is 1. The molecule has 1 saturated carbocycles. The molecule has 2 fully saturated rings. The van der Waals surface area contributed by atoms with E-state index in [1.54, 1.807) is 0 Å². The van der Waals surface area contributed by atoms with Gasteiger partial charge in [0.1, 0.15) is 23.2 Å². The average Bonchev–Trinajstić information content (AvgIpc) is 3.52. The van der Waals surface area contributed by atoms with Gasteiger partial charge in [-0.3, -0.25) is 0 Å². The van der Waals surface area contributed by atoms with Gasteiger partial charge >= 0.3 is 6.09 Å². The number of carbonyl (C=O) groups is 1. The van der Waals surface area contributed by atoms with Gasteiger partial charge in [-0.2, -0.15) is 0 Å². The van der Waals surface area contributed by atoms with Crippen molar-refractivity contribution in [3.8, 4) is 11.5 Å². The minimum absolute atomic E-state index is 0.187. The second kappa shape index (κ2) is 9.08.